The number of nitrogens with one attached hydrogen (secondary N) is 1. The van der Waals surface area contributed by atoms with Gasteiger partial charge in [0, 0.05) is 13.0 Å². The van der Waals surface area contributed by atoms with E-state index in [0.29, 0.717) is 6.42 Å². The van der Waals surface area contributed by atoms with Crippen LogP contribution in [0.1, 0.15) is 35.8 Å². The van der Waals surface area contributed by atoms with Crippen LogP contribution in [0.5, 0.6) is 0 Å². The standard InChI is InChI=1S/C10H17N7S/c1-3-4-17-9(12-6-13-17)5-8(14-11)10-7(2)15-16-18-10/h6,8,14H,3-5,11H2,1-2H3. The molecule has 1 atom stereocenters. The molecular weight excluding hydrogens is 250 g/mol. The van der Waals surface area contributed by atoms with E-state index in [1.165, 1.54) is 11.5 Å². The molecule has 7 nitrogen and oxygen atoms in total. The molecule has 0 radical (unpaired) electrons. The maximum atomic E-state index is 5.62. The van der Waals surface area contributed by atoms with Gasteiger partial charge in [-0.15, -0.1) is 5.10 Å². The first-order chi connectivity index (χ1) is 8.76. The molecule has 0 spiro atoms. The predicted octanol–water partition coefficient (Wildman–Crippen LogP) is 0.595. The highest BCUT2D eigenvalue weighted by molar-refractivity contribution is 7.05. The molecule has 2 rings (SSSR count). The van der Waals surface area contributed by atoms with Gasteiger partial charge in [0.15, 0.2) is 0 Å². The predicted molar refractivity (Wildman–Crippen MR) is 68.7 cm³/mol. The van der Waals surface area contributed by atoms with Gasteiger partial charge in [-0.05, 0) is 24.9 Å². The van der Waals surface area contributed by atoms with Gasteiger partial charge in [-0.3, -0.25) is 16.0 Å². The second kappa shape index (κ2) is 5.98. The topological polar surface area (TPSA) is 94.5 Å². The first-order valence-electron chi connectivity index (χ1n) is 5.88. The van der Waals surface area contributed by atoms with Gasteiger partial charge in [0.05, 0.1) is 16.6 Å². The molecular formula is C10H17N7S. The molecule has 18 heavy (non-hydrogen) atoms. The Bertz CT molecular complexity index is 492. The summed E-state index contributed by atoms with van der Waals surface area (Å²) in [5, 5.41) is 8.21. The Hall–Kier alpha value is -1.38. The van der Waals surface area contributed by atoms with E-state index in [9.17, 15) is 0 Å². The number of hydrogen-bond acceptors (Lipinski definition) is 7. The number of rotatable bonds is 6. The van der Waals surface area contributed by atoms with Crippen LogP contribution in [0.15, 0.2) is 6.33 Å². The number of aromatic nitrogens is 5. The Kier molecular flexibility index (Phi) is 4.34. The molecule has 2 aromatic heterocycles. The Morgan fingerprint density at radius 2 is 2.39 bits per heavy atom. The average Bonchev–Trinajstić information content (AvgIpc) is 2.96. The zero-order valence-corrected chi connectivity index (χ0v) is 11.3. The molecule has 0 aliphatic rings. The van der Waals surface area contributed by atoms with Gasteiger partial charge in [-0.25, -0.2) is 4.98 Å². The summed E-state index contributed by atoms with van der Waals surface area (Å²) in [6, 6.07) is -0.0233. The van der Waals surface area contributed by atoms with E-state index in [0.717, 1.165) is 29.4 Å². The molecule has 2 aromatic rings. The number of aryl methyl sites for hydroxylation is 2. The summed E-state index contributed by atoms with van der Waals surface area (Å²) in [7, 11) is 0. The van der Waals surface area contributed by atoms with Gasteiger partial charge in [-0.2, -0.15) is 5.10 Å². The summed E-state index contributed by atoms with van der Waals surface area (Å²) in [6.07, 6.45) is 3.29. The van der Waals surface area contributed by atoms with Crippen LogP contribution in [0.25, 0.3) is 0 Å². The van der Waals surface area contributed by atoms with Gasteiger partial charge in [-0.1, -0.05) is 11.4 Å². The van der Waals surface area contributed by atoms with E-state index in [2.05, 4.69) is 32.0 Å². The fourth-order valence-electron chi connectivity index (χ4n) is 1.81. The number of nitrogens with two attached hydrogens (primary N) is 1. The van der Waals surface area contributed by atoms with Crippen molar-refractivity contribution in [1.82, 2.24) is 29.8 Å². The second-order valence-electron chi connectivity index (χ2n) is 4.05. The molecule has 0 saturated carbocycles. The fourth-order valence-corrected chi connectivity index (χ4v) is 2.51. The third kappa shape index (κ3) is 2.71. The normalized spacial score (nSPS) is 12.8. The summed E-state index contributed by atoms with van der Waals surface area (Å²) in [5.41, 5.74) is 3.71. The molecule has 0 aromatic carbocycles. The first-order valence-corrected chi connectivity index (χ1v) is 6.65. The van der Waals surface area contributed by atoms with Crippen molar-refractivity contribution in [2.45, 2.75) is 39.3 Å². The van der Waals surface area contributed by atoms with Crippen LogP contribution in [0.3, 0.4) is 0 Å². The minimum Gasteiger partial charge on any atom is -0.271 e. The molecule has 0 amide bonds. The number of hydrazine groups is 1. The van der Waals surface area contributed by atoms with E-state index in [1.807, 2.05) is 11.6 Å². The Labute approximate surface area is 110 Å². The highest BCUT2D eigenvalue weighted by Gasteiger charge is 2.19. The molecule has 0 bridgehead atoms. The fraction of sp³-hybridized carbons (Fsp3) is 0.600. The summed E-state index contributed by atoms with van der Waals surface area (Å²) < 4.78 is 5.84. The van der Waals surface area contributed by atoms with Crippen molar-refractivity contribution in [3.8, 4) is 0 Å². The van der Waals surface area contributed by atoms with E-state index >= 15 is 0 Å². The van der Waals surface area contributed by atoms with Crippen molar-refractivity contribution in [1.29, 1.82) is 0 Å². The van der Waals surface area contributed by atoms with Crippen LogP contribution in [0.2, 0.25) is 0 Å². The second-order valence-corrected chi connectivity index (χ2v) is 4.83. The molecule has 0 aliphatic heterocycles. The third-order valence-electron chi connectivity index (χ3n) is 2.72. The largest absolute Gasteiger partial charge is 0.271 e. The summed E-state index contributed by atoms with van der Waals surface area (Å²) in [5.74, 6) is 6.54. The van der Waals surface area contributed by atoms with E-state index < -0.39 is 0 Å². The lowest BCUT2D eigenvalue weighted by Crippen LogP contribution is -2.30. The lowest BCUT2D eigenvalue weighted by molar-refractivity contribution is 0.502. The Balaban J connectivity index is 2.15. The summed E-state index contributed by atoms with van der Waals surface area (Å²) in [4.78, 5) is 5.33. The monoisotopic (exact) mass is 267 g/mol. The molecule has 0 saturated heterocycles. The molecule has 1 unspecified atom stereocenters. The van der Waals surface area contributed by atoms with Crippen LogP contribution in [0, 0.1) is 6.92 Å². The van der Waals surface area contributed by atoms with Gasteiger partial charge >= 0.3 is 0 Å². The lowest BCUT2D eigenvalue weighted by Gasteiger charge is -2.14. The molecule has 8 heteroatoms. The van der Waals surface area contributed by atoms with Gasteiger partial charge in [0.2, 0.25) is 0 Å². The average molecular weight is 267 g/mol. The van der Waals surface area contributed by atoms with Crippen LogP contribution in [0.4, 0.5) is 0 Å². The van der Waals surface area contributed by atoms with Gasteiger partial charge in [0.25, 0.3) is 0 Å². The molecule has 98 valence electrons. The SMILES string of the molecule is CCCn1ncnc1CC(NN)c1snnc1C. The van der Waals surface area contributed by atoms with Crippen LogP contribution < -0.4 is 11.3 Å². The maximum Gasteiger partial charge on any atom is 0.138 e. The summed E-state index contributed by atoms with van der Waals surface area (Å²) >= 11 is 1.36. The zero-order valence-electron chi connectivity index (χ0n) is 10.5. The lowest BCUT2D eigenvalue weighted by atomic mass is 10.1. The minimum absolute atomic E-state index is 0.0233. The van der Waals surface area contributed by atoms with Crippen LogP contribution >= 0.6 is 11.5 Å². The minimum atomic E-state index is -0.0233. The molecule has 2 heterocycles. The van der Waals surface area contributed by atoms with E-state index in [4.69, 9.17) is 5.84 Å². The van der Waals surface area contributed by atoms with Crippen molar-refractivity contribution in [3.05, 3.63) is 22.7 Å². The Morgan fingerprint density at radius 1 is 1.56 bits per heavy atom. The van der Waals surface area contributed by atoms with Crippen molar-refractivity contribution in [2.75, 3.05) is 0 Å². The highest BCUT2D eigenvalue weighted by atomic mass is 32.1. The molecule has 3 N–H and O–H groups in total. The van der Waals surface area contributed by atoms with Gasteiger partial charge in [0.1, 0.15) is 12.2 Å². The molecule has 0 fully saturated rings. The maximum absolute atomic E-state index is 5.62. The van der Waals surface area contributed by atoms with Crippen LogP contribution in [-0.2, 0) is 13.0 Å². The highest BCUT2D eigenvalue weighted by Crippen LogP contribution is 2.22. The molecule has 0 aliphatic carbocycles. The van der Waals surface area contributed by atoms with E-state index in [1.54, 1.807) is 6.33 Å². The Morgan fingerprint density at radius 3 is 3.00 bits per heavy atom. The van der Waals surface area contributed by atoms with Crippen LogP contribution in [-0.4, -0.2) is 24.4 Å². The van der Waals surface area contributed by atoms with Crippen molar-refractivity contribution >= 4 is 11.5 Å². The third-order valence-corrected chi connectivity index (χ3v) is 3.66. The van der Waals surface area contributed by atoms with E-state index in [-0.39, 0.29) is 6.04 Å². The zero-order chi connectivity index (χ0) is 13.0. The smallest absolute Gasteiger partial charge is 0.138 e. The van der Waals surface area contributed by atoms with Crippen molar-refractivity contribution < 1.29 is 0 Å². The summed E-state index contributed by atoms with van der Waals surface area (Å²) in [6.45, 7) is 4.91. The van der Waals surface area contributed by atoms with Crippen molar-refractivity contribution in [2.24, 2.45) is 5.84 Å². The quantitative estimate of drug-likeness (QED) is 0.588. The van der Waals surface area contributed by atoms with Crippen molar-refractivity contribution in [3.63, 3.8) is 0 Å². The van der Waals surface area contributed by atoms with Gasteiger partial charge < -0.3 is 0 Å². The first kappa shape index (κ1) is 13.1. The number of hydrogen-bond donors (Lipinski definition) is 2. The number of nitrogens with zero attached hydrogens (tertiary/aromatic N) is 5.